The van der Waals surface area contributed by atoms with Crippen molar-refractivity contribution in [2.75, 3.05) is 32.8 Å². The van der Waals surface area contributed by atoms with Gasteiger partial charge in [0.25, 0.3) is 0 Å². The lowest BCUT2D eigenvalue weighted by atomic mass is 9.84. The first-order chi connectivity index (χ1) is 10.2. The molecule has 0 amide bonds. The lowest BCUT2D eigenvalue weighted by Crippen LogP contribution is -2.43. The molecule has 1 N–H and O–H groups in total. The molecule has 1 heterocycles. The van der Waals surface area contributed by atoms with Crippen LogP contribution in [0.25, 0.3) is 0 Å². The Morgan fingerprint density at radius 3 is 2.27 bits per heavy atom. The molecule has 2 fully saturated rings. The minimum absolute atomic E-state index is 0. The number of nitrogens with zero attached hydrogens (tertiary/aromatic N) is 1. The molecule has 0 bridgehead atoms. The number of halogens is 1. The number of nitrogens with one attached hydrogen (secondary N) is 1. The maximum absolute atomic E-state index is 11.8. The summed E-state index contributed by atoms with van der Waals surface area (Å²) < 4.78 is 5.17. The number of carbonyl (C=O) groups is 1. The summed E-state index contributed by atoms with van der Waals surface area (Å²) in [6, 6.07) is 0.676. The third-order valence-electron chi connectivity index (χ3n) is 5.19. The summed E-state index contributed by atoms with van der Waals surface area (Å²) in [5, 5.41) is 3.45. The highest BCUT2D eigenvalue weighted by atomic mass is 35.5. The van der Waals surface area contributed by atoms with Crippen LogP contribution in [0.3, 0.4) is 0 Å². The SMILES string of the molecule is CCOC(=O)C1CCC(N(CC)CC2CCNCC2)CC1.Cl. The van der Waals surface area contributed by atoms with Crippen molar-refractivity contribution in [1.82, 2.24) is 10.2 Å². The smallest absolute Gasteiger partial charge is 0.308 e. The fourth-order valence-corrected chi connectivity index (χ4v) is 3.87. The predicted molar refractivity (Wildman–Crippen MR) is 92.5 cm³/mol. The van der Waals surface area contributed by atoms with Crippen molar-refractivity contribution in [2.24, 2.45) is 11.8 Å². The van der Waals surface area contributed by atoms with Crippen LogP contribution in [0.4, 0.5) is 0 Å². The minimum atomic E-state index is 0. The monoisotopic (exact) mass is 332 g/mol. The number of rotatable bonds is 6. The molecular weight excluding hydrogens is 300 g/mol. The van der Waals surface area contributed by atoms with Crippen LogP contribution in [0.5, 0.6) is 0 Å². The summed E-state index contributed by atoms with van der Waals surface area (Å²) in [6.07, 6.45) is 6.95. The molecule has 0 spiro atoms. The van der Waals surface area contributed by atoms with Gasteiger partial charge >= 0.3 is 5.97 Å². The van der Waals surface area contributed by atoms with Crippen molar-refractivity contribution in [1.29, 1.82) is 0 Å². The van der Waals surface area contributed by atoms with E-state index in [-0.39, 0.29) is 24.3 Å². The van der Waals surface area contributed by atoms with Gasteiger partial charge in [-0.05, 0) is 71.0 Å². The van der Waals surface area contributed by atoms with Gasteiger partial charge in [-0.3, -0.25) is 4.79 Å². The quantitative estimate of drug-likeness (QED) is 0.759. The zero-order valence-corrected chi connectivity index (χ0v) is 15.0. The van der Waals surface area contributed by atoms with Gasteiger partial charge in [-0.15, -0.1) is 12.4 Å². The Labute approximate surface area is 141 Å². The molecule has 2 aliphatic rings. The highest BCUT2D eigenvalue weighted by Gasteiger charge is 2.30. The number of carbonyl (C=O) groups excluding carboxylic acids is 1. The molecule has 0 atom stereocenters. The number of hydrogen-bond donors (Lipinski definition) is 1. The largest absolute Gasteiger partial charge is 0.466 e. The van der Waals surface area contributed by atoms with Crippen LogP contribution in [0.15, 0.2) is 0 Å². The van der Waals surface area contributed by atoms with Gasteiger partial charge in [-0.25, -0.2) is 0 Å². The van der Waals surface area contributed by atoms with Crippen molar-refractivity contribution in [3.05, 3.63) is 0 Å². The molecule has 22 heavy (non-hydrogen) atoms. The third-order valence-corrected chi connectivity index (χ3v) is 5.19. The number of piperidine rings is 1. The second kappa shape index (κ2) is 10.5. The maximum Gasteiger partial charge on any atom is 0.308 e. The summed E-state index contributed by atoms with van der Waals surface area (Å²) in [6.45, 7) is 9.41. The van der Waals surface area contributed by atoms with E-state index in [1.165, 1.54) is 32.5 Å². The van der Waals surface area contributed by atoms with E-state index in [0.29, 0.717) is 12.6 Å². The second-order valence-electron chi connectivity index (χ2n) is 6.54. The topological polar surface area (TPSA) is 41.6 Å². The van der Waals surface area contributed by atoms with Crippen molar-refractivity contribution in [2.45, 2.75) is 58.4 Å². The first-order valence-corrected chi connectivity index (χ1v) is 8.86. The molecule has 0 aromatic heterocycles. The molecule has 1 aliphatic heterocycles. The van der Waals surface area contributed by atoms with Crippen molar-refractivity contribution in [3.8, 4) is 0 Å². The Kier molecular flexibility index (Phi) is 9.37. The van der Waals surface area contributed by atoms with Gasteiger partial charge in [-0.2, -0.15) is 0 Å². The van der Waals surface area contributed by atoms with Gasteiger partial charge in [0.15, 0.2) is 0 Å². The zero-order chi connectivity index (χ0) is 15.1. The molecule has 0 aromatic rings. The van der Waals surface area contributed by atoms with Crippen molar-refractivity contribution >= 4 is 18.4 Å². The van der Waals surface area contributed by atoms with E-state index in [1.54, 1.807) is 0 Å². The average Bonchev–Trinajstić information content (AvgIpc) is 2.54. The highest BCUT2D eigenvalue weighted by Crippen LogP contribution is 2.29. The lowest BCUT2D eigenvalue weighted by Gasteiger charge is -2.38. The van der Waals surface area contributed by atoms with Gasteiger partial charge in [0.2, 0.25) is 0 Å². The van der Waals surface area contributed by atoms with Crippen LogP contribution in [-0.2, 0) is 9.53 Å². The Balaban J connectivity index is 0.00000242. The Bertz CT molecular complexity index is 314. The summed E-state index contributed by atoms with van der Waals surface area (Å²) in [7, 11) is 0. The average molecular weight is 333 g/mol. The Morgan fingerprint density at radius 2 is 1.73 bits per heavy atom. The van der Waals surface area contributed by atoms with E-state index < -0.39 is 0 Å². The summed E-state index contributed by atoms with van der Waals surface area (Å²) >= 11 is 0. The third kappa shape index (κ3) is 5.71. The lowest BCUT2D eigenvalue weighted by molar-refractivity contribution is -0.149. The van der Waals surface area contributed by atoms with Gasteiger partial charge in [-0.1, -0.05) is 6.92 Å². The molecule has 4 nitrogen and oxygen atoms in total. The van der Waals surface area contributed by atoms with E-state index in [2.05, 4.69) is 17.1 Å². The van der Waals surface area contributed by atoms with E-state index in [9.17, 15) is 4.79 Å². The molecule has 1 aliphatic carbocycles. The summed E-state index contributed by atoms with van der Waals surface area (Å²) in [5.41, 5.74) is 0. The molecular formula is C17H33ClN2O2. The van der Waals surface area contributed by atoms with Crippen molar-refractivity contribution < 1.29 is 9.53 Å². The summed E-state index contributed by atoms with van der Waals surface area (Å²) in [5.74, 6) is 1.03. The number of esters is 1. The highest BCUT2D eigenvalue weighted by molar-refractivity contribution is 5.85. The van der Waals surface area contributed by atoms with Gasteiger partial charge in [0.05, 0.1) is 12.5 Å². The normalized spacial score (nSPS) is 26.5. The fraction of sp³-hybridized carbons (Fsp3) is 0.941. The number of hydrogen-bond acceptors (Lipinski definition) is 4. The molecule has 5 heteroatoms. The number of ether oxygens (including phenoxy) is 1. The van der Waals surface area contributed by atoms with Crippen molar-refractivity contribution in [3.63, 3.8) is 0 Å². The van der Waals surface area contributed by atoms with Crippen LogP contribution in [0.1, 0.15) is 52.4 Å². The van der Waals surface area contributed by atoms with Gasteiger partial charge in [0.1, 0.15) is 0 Å². The zero-order valence-electron chi connectivity index (χ0n) is 14.2. The molecule has 1 saturated heterocycles. The molecule has 2 rings (SSSR count). The molecule has 130 valence electrons. The van der Waals surface area contributed by atoms with Crippen LogP contribution in [0.2, 0.25) is 0 Å². The fourth-order valence-electron chi connectivity index (χ4n) is 3.87. The van der Waals surface area contributed by atoms with Crippen LogP contribution in [0, 0.1) is 11.8 Å². The molecule has 0 radical (unpaired) electrons. The van der Waals surface area contributed by atoms with Crippen LogP contribution < -0.4 is 5.32 Å². The van der Waals surface area contributed by atoms with Crippen LogP contribution >= 0.6 is 12.4 Å². The maximum atomic E-state index is 11.8. The minimum Gasteiger partial charge on any atom is -0.466 e. The first kappa shape index (κ1) is 19.7. The molecule has 1 saturated carbocycles. The Morgan fingerprint density at radius 1 is 1.09 bits per heavy atom. The first-order valence-electron chi connectivity index (χ1n) is 8.86. The standard InChI is InChI=1S/C17H32N2O2.ClH/c1-3-19(13-14-9-11-18-12-10-14)16-7-5-15(6-8-16)17(20)21-4-2;/h14-16,18H,3-13H2,1-2H3;1H. The predicted octanol–water partition coefficient (Wildman–Crippen LogP) is 2.85. The van der Waals surface area contributed by atoms with E-state index in [1.807, 2.05) is 6.92 Å². The van der Waals surface area contributed by atoms with E-state index in [0.717, 1.165) is 38.1 Å². The van der Waals surface area contributed by atoms with E-state index >= 15 is 0 Å². The molecule has 0 aromatic carbocycles. The molecule has 0 unspecified atom stereocenters. The van der Waals surface area contributed by atoms with Crippen LogP contribution in [-0.4, -0.2) is 49.7 Å². The second-order valence-corrected chi connectivity index (χ2v) is 6.54. The van der Waals surface area contributed by atoms with E-state index in [4.69, 9.17) is 4.74 Å². The van der Waals surface area contributed by atoms with Gasteiger partial charge < -0.3 is 15.0 Å². The Hall–Kier alpha value is -0.320. The summed E-state index contributed by atoms with van der Waals surface area (Å²) in [4.78, 5) is 14.5. The van der Waals surface area contributed by atoms with Gasteiger partial charge in [0, 0.05) is 12.6 Å².